The minimum atomic E-state index is -4.11. The fraction of sp³-hybridized carbons (Fsp3) is 0.483. The molecule has 0 saturated carbocycles. The van der Waals surface area contributed by atoms with Crippen molar-refractivity contribution in [3.05, 3.63) is 75.8 Å². The number of sulfonamides is 1. The first kappa shape index (κ1) is 30.0. The van der Waals surface area contributed by atoms with Crippen LogP contribution in [0.25, 0.3) is 0 Å². The summed E-state index contributed by atoms with van der Waals surface area (Å²) in [6, 6.07) is 2.90. The Morgan fingerprint density at radius 3 is 2.65 bits per heavy atom. The fourth-order valence-corrected chi connectivity index (χ4v) is 7.87. The van der Waals surface area contributed by atoms with Crippen molar-refractivity contribution in [3.8, 4) is 0 Å². The molecule has 0 radical (unpaired) electrons. The van der Waals surface area contributed by atoms with E-state index in [1.165, 1.54) is 56.3 Å². The number of benzene rings is 1. The number of rotatable bonds is 8. The summed E-state index contributed by atoms with van der Waals surface area (Å²) < 4.78 is 29.8. The van der Waals surface area contributed by atoms with Crippen molar-refractivity contribution in [1.82, 2.24) is 39.5 Å². The molecular weight excluding hydrogens is 611 g/mol. The second kappa shape index (κ2) is 12.9. The number of nitrogens with one attached hydrogen (secondary N) is 1. The van der Waals surface area contributed by atoms with Gasteiger partial charge in [-0.1, -0.05) is 41.3 Å². The normalized spacial score (nSPS) is 21.3. The summed E-state index contributed by atoms with van der Waals surface area (Å²) >= 11 is 12.1. The average Bonchev–Trinajstić information content (AvgIpc) is 3.31. The first-order valence-electron chi connectivity index (χ1n) is 14.7. The molecule has 11 nitrogen and oxygen atoms in total. The largest absolute Gasteiger partial charge is 0.329 e. The average molecular weight is 646 g/mol. The van der Waals surface area contributed by atoms with Crippen molar-refractivity contribution in [2.75, 3.05) is 19.6 Å². The van der Waals surface area contributed by atoms with Gasteiger partial charge in [0.2, 0.25) is 5.91 Å². The molecule has 1 aliphatic carbocycles. The maximum Gasteiger partial charge on any atom is 0.264 e. The lowest BCUT2D eigenvalue weighted by Gasteiger charge is -2.31. The van der Waals surface area contributed by atoms with Gasteiger partial charge in [0.1, 0.15) is 11.9 Å². The van der Waals surface area contributed by atoms with E-state index < -0.39 is 22.0 Å². The molecule has 3 aromatic rings. The van der Waals surface area contributed by atoms with E-state index in [0.717, 1.165) is 66.7 Å². The molecule has 1 fully saturated rings. The van der Waals surface area contributed by atoms with E-state index in [2.05, 4.69) is 20.5 Å². The molecule has 1 N–H and O–H groups in total. The SMILES string of the molecule is O=C1NC=CN(S(=O)(=O)c2ccc(Cl)c(Cl)c2)[C@@H]1Cc1cn([C@@H]2CCCc3nc(CCN4CCCCCC4)ncc32)nn1. The molecule has 0 bridgehead atoms. The van der Waals surface area contributed by atoms with E-state index in [9.17, 15) is 13.2 Å². The summed E-state index contributed by atoms with van der Waals surface area (Å²) in [5.74, 6) is 0.410. The summed E-state index contributed by atoms with van der Waals surface area (Å²) in [5.41, 5.74) is 2.57. The van der Waals surface area contributed by atoms with Gasteiger partial charge in [0, 0.05) is 55.4 Å². The topological polar surface area (TPSA) is 126 Å². The van der Waals surface area contributed by atoms with Gasteiger partial charge in [-0.2, -0.15) is 0 Å². The summed E-state index contributed by atoms with van der Waals surface area (Å²) in [6.45, 7) is 3.29. The highest BCUT2D eigenvalue weighted by Gasteiger charge is 2.37. The van der Waals surface area contributed by atoms with Gasteiger partial charge in [-0.3, -0.25) is 9.10 Å². The Balaban J connectivity index is 1.17. The summed E-state index contributed by atoms with van der Waals surface area (Å²) in [6.07, 6.45) is 15.1. The van der Waals surface area contributed by atoms with Crippen molar-refractivity contribution in [3.63, 3.8) is 0 Å². The van der Waals surface area contributed by atoms with Crippen LogP contribution in [-0.2, 0) is 34.1 Å². The van der Waals surface area contributed by atoms with Crippen LogP contribution < -0.4 is 5.32 Å². The Labute approximate surface area is 261 Å². The van der Waals surface area contributed by atoms with Gasteiger partial charge in [0.25, 0.3) is 10.0 Å². The number of hydrogen-bond acceptors (Lipinski definition) is 8. The first-order chi connectivity index (χ1) is 20.8. The smallest absolute Gasteiger partial charge is 0.264 e. The fourth-order valence-electron chi connectivity index (χ4n) is 6.03. The van der Waals surface area contributed by atoms with Gasteiger partial charge in [-0.15, -0.1) is 5.10 Å². The van der Waals surface area contributed by atoms with Gasteiger partial charge in [-0.05, 0) is 63.4 Å². The predicted octanol–water partition coefficient (Wildman–Crippen LogP) is 3.92. The van der Waals surface area contributed by atoms with Crippen LogP contribution in [0.4, 0.5) is 0 Å². The van der Waals surface area contributed by atoms with Crippen molar-refractivity contribution in [2.24, 2.45) is 0 Å². The Kier molecular flexibility index (Phi) is 8.99. The first-order valence-corrected chi connectivity index (χ1v) is 16.9. The Bertz CT molecular complexity index is 1620. The molecule has 14 heteroatoms. The highest BCUT2D eigenvalue weighted by molar-refractivity contribution is 7.89. The van der Waals surface area contributed by atoms with E-state index in [4.69, 9.17) is 33.2 Å². The van der Waals surface area contributed by atoms with E-state index in [0.29, 0.717) is 5.69 Å². The maximum absolute atomic E-state index is 13.5. The number of fused-ring (bicyclic) bond motifs is 1. The molecule has 3 aliphatic rings. The van der Waals surface area contributed by atoms with Crippen LogP contribution in [0.1, 0.15) is 67.3 Å². The third-order valence-corrected chi connectivity index (χ3v) is 10.9. The van der Waals surface area contributed by atoms with Crippen LogP contribution in [0.5, 0.6) is 0 Å². The van der Waals surface area contributed by atoms with Crippen molar-refractivity contribution in [2.45, 2.75) is 74.8 Å². The van der Waals surface area contributed by atoms with Crippen molar-refractivity contribution in [1.29, 1.82) is 0 Å². The van der Waals surface area contributed by atoms with Gasteiger partial charge in [0.15, 0.2) is 0 Å². The zero-order chi connectivity index (χ0) is 30.0. The minimum absolute atomic E-state index is 0.0300. The number of likely N-dealkylation sites (tertiary alicyclic amines) is 1. The van der Waals surface area contributed by atoms with Crippen LogP contribution in [0, 0.1) is 0 Å². The van der Waals surface area contributed by atoms with Crippen LogP contribution in [0.3, 0.4) is 0 Å². The molecule has 0 unspecified atom stereocenters. The molecule has 228 valence electrons. The molecule has 1 aromatic carbocycles. The maximum atomic E-state index is 13.5. The Morgan fingerprint density at radius 1 is 1.05 bits per heavy atom. The highest BCUT2D eigenvalue weighted by atomic mass is 35.5. The molecule has 1 saturated heterocycles. The second-order valence-corrected chi connectivity index (χ2v) is 13.9. The summed E-state index contributed by atoms with van der Waals surface area (Å²) in [7, 11) is -4.11. The molecule has 0 spiro atoms. The quantitative estimate of drug-likeness (QED) is 0.391. The lowest BCUT2D eigenvalue weighted by atomic mass is 9.92. The van der Waals surface area contributed by atoms with E-state index in [1.807, 2.05) is 6.20 Å². The summed E-state index contributed by atoms with van der Waals surface area (Å²) in [5, 5.41) is 11.6. The van der Waals surface area contributed by atoms with E-state index in [1.54, 1.807) is 10.9 Å². The highest BCUT2D eigenvalue weighted by Crippen LogP contribution is 2.32. The predicted molar refractivity (Wildman–Crippen MR) is 162 cm³/mol. The number of amides is 1. The molecule has 43 heavy (non-hydrogen) atoms. The number of halogens is 2. The van der Waals surface area contributed by atoms with Crippen LogP contribution >= 0.6 is 23.2 Å². The van der Waals surface area contributed by atoms with Gasteiger partial charge < -0.3 is 10.2 Å². The number of aryl methyl sites for hydroxylation is 1. The van der Waals surface area contributed by atoms with Gasteiger partial charge in [0.05, 0.1) is 26.7 Å². The number of nitrogens with zero attached hydrogens (tertiary/aromatic N) is 7. The molecule has 6 rings (SSSR count). The lowest BCUT2D eigenvalue weighted by Crippen LogP contribution is -2.50. The standard InChI is InChI=1S/C29H34Cl2N8O3S/c30-23-9-8-21(17-24(23)31)43(41,42)39-15-11-32-29(40)27(39)16-20-19-38(36-35-20)26-7-5-6-25-22(26)18-33-28(34-25)10-14-37-12-3-1-2-4-13-37/h8-9,11,15,17-19,26-27H,1-7,10,12-14,16H2,(H,32,40)/t26-,27-/m1/s1. The van der Waals surface area contributed by atoms with Gasteiger partial charge in [-0.25, -0.2) is 23.1 Å². The number of aromatic nitrogens is 5. The molecule has 1 amide bonds. The Hall–Kier alpha value is -3.06. The molecule has 2 aromatic heterocycles. The van der Waals surface area contributed by atoms with Crippen molar-refractivity contribution < 1.29 is 13.2 Å². The van der Waals surface area contributed by atoms with E-state index in [-0.39, 0.29) is 27.4 Å². The number of hydrogen-bond donors (Lipinski definition) is 1. The second-order valence-electron chi connectivity index (χ2n) is 11.2. The van der Waals surface area contributed by atoms with Crippen LogP contribution in [0.2, 0.25) is 10.0 Å². The van der Waals surface area contributed by atoms with Crippen LogP contribution in [0.15, 0.2) is 47.9 Å². The van der Waals surface area contributed by atoms with Crippen LogP contribution in [-0.4, -0.2) is 74.2 Å². The van der Waals surface area contributed by atoms with Gasteiger partial charge >= 0.3 is 0 Å². The molecule has 2 aliphatic heterocycles. The van der Waals surface area contributed by atoms with Crippen molar-refractivity contribution >= 4 is 39.1 Å². The molecule has 4 heterocycles. The molecule has 2 atom stereocenters. The summed E-state index contributed by atoms with van der Waals surface area (Å²) in [4.78, 5) is 25.0. The zero-order valence-electron chi connectivity index (χ0n) is 23.7. The zero-order valence-corrected chi connectivity index (χ0v) is 26.0. The van der Waals surface area contributed by atoms with E-state index >= 15 is 0 Å². The Morgan fingerprint density at radius 2 is 1.86 bits per heavy atom. The third kappa shape index (κ3) is 6.57. The lowest BCUT2D eigenvalue weighted by molar-refractivity contribution is -0.124. The molecular formula is C29H34Cl2N8O3S. The third-order valence-electron chi connectivity index (χ3n) is 8.35. The monoisotopic (exact) mass is 644 g/mol. The minimum Gasteiger partial charge on any atom is -0.329 e. The number of carbonyl (C=O) groups excluding carboxylic acids is 1. The number of carbonyl (C=O) groups is 1.